The lowest BCUT2D eigenvalue weighted by Gasteiger charge is -2.32. The van der Waals surface area contributed by atoms with E-state index in [0.29, 0.717) is 18.2 Å². The number of rotatable bonds is 6. The van der Waals surface area contributed by atoms with Gasteiger partial charge >= 0.3 is 0 Å². The molecule has 1 fully saturated rings. The molecule has 1 aliphatic rings. The van der Waals surface area contributed by atoms with Crippen LogP contribution >= 0.6 is 0 Å². The van der Waals surface area contributed by atoms with Crippen molar-refractivity contribution in [2.45, 2.75) is 45.6 Å². The number of primary amides is 1. The summed E-state index contributed by atoms with van der Waals surface area (Å²) in [6, 6.07) is 1.90. The van der Waals surface area contributed by atoms with Crippen LogP contribution in [0.25, 0.3) is 0 Å². The van der Waals surface area contributed by atoms with Crippen molar-refractivity contribution in [2.75, 3.05) is 13.1 Å². The third-order valence-corrected chi connectivity index (χ3v) is 4.91. The van der Waals surface area contributed by atoms with Crippen LogP contribution in [-0.4, -0.2) is 49.1 Å². The van der Waals surface area contributed by atoms with E-state index < -0.39 is 5.91 Å². The van der Waals surface area contributed by atoms with Crippen LogP contribution in [-0.2, 0) is 24.8 Å². The summed E-state index contributed by atoms with van der Waals surface area (Å²) in [5.74, 6) is 1.01. The maximum atomic E-state index is 13.1. The lowest BCUT2D eigenvalue weighted by Crippen LogP contribution is -2.40. The van der Waals surface area contributed by atoms with Gasteiger partial charge in [0.2, 0.25) is 5.91 Å². The molecular weight excluding hydrogens is 344 g/mol. The van der Waals surface area contributed by atoms with Gasteiger partial charge in [0.05, 0.1) is 5.69 Å². The van der Waals surface area contributed by atoms with Gasteiger partial charge in [-0.1, -0.05) is 13.8 Å². The molecule has 3 rings (SSSR count). The molecule has 2 N–H and O–H groups in total. The maximum absolute atomic E-state index is 13.1. The number of hydrogen-bond acceptors (Lipinski definition) is 4. The molecule has 27 heavy (non-hydrogen) atoms. The molecular formula is C19H28N6O2. The molecule has 0 aromatic carbocycles. The Hall–Kier alpha value is -2.64. The summed E-state index contributed by atoms with van der Waals surface area (Å²) >= 11 is 0. The topological polar surface area (TPSA) is 99.0 Å². The number of hydrogen-bond donors (Lipinski definition) is 1. The number of piperidine rings is 1. The monoisotopic (exact) mass is 372 g/mol. The van der Waals surface area contributed by atoms with Crippen LogP contribution in [0.2, 0.25) is 0 Å². The van der Waals surface area contributed by atoms with Gasteiger partial charge in [-0.25, -0.2) is 4.98 Å². The summed E-state index contributed by atoms with van der Waals surface area (Å²) in [6.45, 7) is 5.69. The van der Waals surface area contributed by atoms with Crippen LogP contribution in [0.3, 0.4) is 0 Å². The molecule has 2 aromatic heterocycles. The molecule has 3 heterocycles. The van der Waals surface area contributed by atoms with Crippen molar-refractivity contribution in [1.29, 1.82) is 0 Å². The molecule has 0 saturated carbocycles. The van der Waals surface area contributed by atoms with E-state index in [1.807, 2.05) is 18.0 Å². The third-order valence-electron chi connectivity index (χ3n) is 4.91. The molecule has 0 radical (unpaired) electrons. The van der Waals surface area contributed by atoms with Crippen molar-refractivity contribution < 1.29 is 9.59 Å². The second-order valence-electron chi connectivity index (χ2n) is 7.71. The van der Waals surface area contributed by atoms with Crippen LogP contribution in [0.1, 0.15) is 54.6 Å². The average molecular weight is 372 g/mol. The Kier molecular flexibility index (Phi) is 5.62. The molecule has 2 aromatic rings. The average Bonchev–Trinajstić information content (AvgIpc) is 3.19. The van der Waals surface area contributed by atoms with E-state index >= 15 is 0 Å². The standard InChI is InChI=1S/C19H28N6O2/c1-13(2)9-15-10-16(23(3)22-15)19(27)25-7-4-5-14(11-25)18-21-6-8-24(18)12-17(20)26/h6,8,10,13-14H,4-5,7,9,11-12H2,1-3H3,(H2,20,26)/t14-/m1/s1. The molecule has 1 aliphatic heterocycles. The smallest absolute Gasteiger partial charge is 0.272 e. The summed E-state index contributed by atoms with van der Waals surface area (Å²) in [5, 5.41) is 4.48. The quantitative estimate of drug-likeness (QED) is 0.827. The first-order valence-electron chi connectivity index (χ1n) is 9.46. The van der Waals surface area contributed by atoms with Gasteiger partial charge in [-0.05, 0) is 31.2 Å². The summed E-state index contributed by atoms with van der Waals surface area (Å²) in [5.41, 5.74) is 6.89. The zero-order valence-corrected chi connectivity index (χ0v) is 16.3. The van der Waals surface area contributed by atoms with Gasteiger partial charge in [0, 0.05) is 38.4 Å². The fourth-order valence-corrected chi connectivity index (χ4v) is 3.76. The van der Waals surface area contributed by atoms with E-state index in [2.05, 4.69) is 23.9 Å². The van der Waals surface area contributed by atoms with Crippen LogP contribution in [0.15, 0.2) is 18.5 Å². The highest BCUT2D eigenvalue weighted by Crippen LogP contribution is 2.27. The van der Waals surface area contributed by atoms with Crippen LogP contribution in [0.4, 0.5) is 0 Å². The van der Waals surface area contributed by atoms with E-state index in [-0.39, 0.29) is 18.4 Å². The number of carbonyl (C=O) groups excluding carboxylic acids is 2. The Morgan fingerprint density at radius 1 is 1.37 bits per heavy atom. The van der Waals surface area contributed by atoms with Crippen LogP contribution in [0, 0.1) is 5.92 Å². The minimum Gasteiger partial charge on any atom is -0.368 e. The van der Waals surface area contributed by atoms with Gasteiger partial charge in [-0.3, -0.25) is 14.3 Å². The first-order chi connectivity index (χ1) is 12.8. The highest BCUT2D eigenvalue weighted by molar-refractivity contribution is 5.92. The number of nitrogens with zero attached hydrogens (tertiary/aromatic N) is 5. The van der Waals surface area contributed by atoms with Crippen molar-refractivity contribution >= 4 is 11.8 Å². The van der Waals surface area contributed by atoms with Crippen LogP contribution < -0.4 is 5.73 Å². The Morgan fingerprint density at radius 2 is 2.15 bits per heavy atom. The van der Waals surface area contributed by atoms with Crippen LogP contribution in [0.5, 0.6) is 0 Å². The summed E-state index contributed by atoms with van der Waals surface area (Å²) in [6.07, 6.45) is 6.13. The van der Waals surface area contributed by atoms with Gasteiger partial charge < -0.3 is 15.2 Å². The SMILES string of the molecule is CC(C)Cc1cc(C(=O)N2CCC[C@@H](c3nccn3CC(N)=O)C2)n(C)n1. The Bertz CT molecular complexity index is 822. The normalized spacial score (nSPS) is 17.5. The summed E-state index contributed by atoms with van der Waals surface area (Å²) < 4.78 is 3.46. The second-order valence-corrected chi connectivity index (χ2v) is 7.71. The Labute approximate surface area is 159 Å². The van der Waals surface area contributed by atoms with Gasteiger partial charge in [0.15, 0.2) is 0 Å². The Balaban J connectivity index is 1.75. The molecule has 1 atom stereocenters. The Morgan fingerprint density at radius 3 is 2.85 bits per heavy atom. The van der Waals surface area contributed by atoms with Crippen molar-refractivity contribution in [3.63, 3.8) is 0 Å². The molecule has 2 amide bonds. The lowest BCUT2D eigenvalue weighted by atomic mass is 9.96. The van der Waals surface area contributed by atoms with E-state index in [1.54, 1.807) is 21.6 Å². The number of aryl methyl sites for hydroxylation is 1. The number of aromatic nitrogens is 4. The fourth-order valence-electron chi connectivity index (χ4n) is 3.76. The number of nitrogens with two attached hydrogens (primary N) is 1. The van der Waals surface area contributed by atoms with Crippen molar-refractivity contribution in [3.05, 3.63) is 35.7 Å². The first kappa shape index (κ1) is 19.1. The zero-order chi connectivity index (χ0) is 19.6. The number of carbonyl (C=O) groups is 2. The minimum absolute atomic E-state index is 0.00212. The third kappa shape index (κ3) is 4.37. The van der Waals surface area contributed by atoms with Gasteiger partial charge in [-0.2, -0.15) is 5.10 Å². The lowest BCUT2D eigenvalue weighted by molar-refractivity contribution is -0.118. The molecule has 8 heteroatoms. The first-order valence-corrected chi connectivity index (χ1v) is 9.46. The zero-order valence-electron chi connectivity index (χ0n) is 16.3. The molecule has 0 spiro atoms. The summed E-state index contributed by atoms with van der Waals surface area (Å²) in [4.78, 5) is 30.6. The minimum atomic E-state index is -0.398. The van der Waals surface area contributed by atoms with E-state index in [1.165, 1.54) is 0 Å². The van der Waals surface area contributed by atoms with Crippen molar-refractivity contribution in [3.8, 4) is 0 Å². The van der Waals surface area contributed by atoms with Gasteiger partial charge in [0.25, 0.3) is 5.91 Å². The molecule has 146 valence electrons. The molecule has 0 unspecified atom stereocenters. The second kappa shape index (κ2) is 7.94. The van der Waals surface area contributed by atoms with Gasteiger partial charge in [-0.15, -0.1) is 0 Å². The highest BCUT2D eigenvalue weighted by atomic mass is 16.2. The molecule has 1 saturated heterocycles. The highest BCUT2D eigenvalue weighted by Gasteiger charge is 2.29. The van der Waals surface area contributed by atoms with E-state index in [9.17, 15) is 9.59 Å². The van der Waals surface area contributed by atoms with Crippen molar-refractivity contribution in [2.24, 2.45) is 18.7 Å². The fraction of sp³-hybridized carbons (Fsp3) is 0.579. The molecule has 8 nitrogen and oxygen atoms in total. The van der Waals surface area contributed by atoms with Gasteiger partial charge in [0.1, 0.15) is 18.1 Å². The molecule has 0 aliphatic carbocycles. The number of likely N-dealkylation sites (tertiary alicyclic amines) is 1. The predicted octanol–water partition coefficient (Wildman–Crippen LogP) is 1.32. The number of amides is 2. The molecule has 0 bridgehead atoms. The summed E-state index contributed by atoms with van der Waals surface area (Å²) in [7, 11) is 1.82. The number of imidazole rings is 1. The maximum Gasteiger partial charge on any atom is 0.272 e. The van der Waals surface area contributed by atoms with E-state index in [0.717, 1.165) is 37.3 Å². The predicted molar refractivity (Wildman–Crippen MR) is 101 cm³/mol. The van der Waals surface area contributed by atoms with Crippen molar-refractivity contribution in [1.82, 2.24) is 24.2 Å². The largest absolute Gasteiger partial charge is 0.368 e. The van der Waals surface area contributed by atoms with E-state index in [4.69, 9.17) is 5.73 Å².